The lowest BCUT2D eigenvalue weighted by Gasteiger charge is -2.38. The van der Waals surface area contributed by atoms with Crippen molar-refractivity contribution < 1.29 is 0 Å². The monoisotopic (exact) mass is 243 g/mol. The molecule has 3 heteroatoms. The Bertz CT molecular complexity index is 467. The summed E-state index contributed by atoms with van der Waals surface area (Å²) in [5.41, 5.74) is 8.16. The number of benzene rings is 1. The van der Waals surface area contributed by atoms with Gasteiger partial charge in [0, 0.05) is 18.1 Å². The minimum atomic E-state index is 0.0708. The molecule has 1 heterocycles. The molecule has 2 N–H and O–H groups in total. The van der Waals surface area contributed by atoms with Crippen LogP contribution in [0.5, 0.6) is 0 Å². The molecule has 2 rings (SSSR count). The molecule has 18 heavy (non-hydrogen) atoms. The highest BCUT2D eigenvalue weighted by atomic mass is 15.3. The molecule has 1 aliphatic rings. The van der Waals surface area contributed by atoms with Gasteiger partial charge in [-0.05, 0) is 38.8 Å². The van der Waals surface area contributed by atoms with E-state index < -0.39 is 0 Å². The molecule has 2 unspecified atom stereocenters. The Balaban J connectivity index is 2.44. The Morgan fingerprint density at radius 3 is 2.61 bits per heavy atom. The molecule has 1 aliphatic heterocycles. The van der Waals surface area contributed by atoms with Crippen molar-refractivity contribution in [1.29, 1.82) is 5.26 Å². The molecule has 1 aromatic rings. The van der Waals surface area contributed by atoms with Crippen LogP contribution in [-0.2, 0) is 0 Å². The fourth-order valence-electron chi connectivity index (χ4n) is 2.82. The van der Waals surface area contributed by atoms with Crippen LogP contribution in [0, 0.1) is 11.3 Å². The van der Waals surface area contributed by atoms with Gasteiger partial charge in [0.25, 0.3) is 0 Å². The van der Waals surface area contributed by atoms with Crippen molar-refractivity contribution in [3.8, 4) is 6.07 Å². The first-order valence-electron chi connectivity index (χ1n) is 6.46. The van der Waals surface area contributed by atoms with E-state index in [1.54, 1.807) is 0 Å². The summed E-state index contributed by atoms with van der Waals surface area (Å²) in [7, 11) is 0. The molecule has 2 atom stereocenters. The van der Waals surface area contributed by atoms with Gasteiger partial charge in [0.05, 0.1) is 17.7 Å². The average molecular weight is 243 g/mol. The molecule has 0 bridgehead atoms. The standard InChI is InChI=1S/C15H21N3/c1-15(2,3)18-9-8-13(17)14(18)12-7-5-4-6-11(12)10-16/h4-7,13-14H,8-9,17H2,1-3H3. The second kappa shape index (κ2) is 4.72. The average Bonchev–Trinajstić information content (AvgIpc) is 2.70. The van der Waals surface area contributed by atoms with Gasteiger partial charge in [-0.3, -0.25) is 4.90 Å². The van der Waals surface area contributed by atoms with Gasteiger partial charge >= 0.3 is 0 Å². The highest BCUT2D eigenvalue weighted by Crippen LogP contribution is 2.37. The van der Waals surface area contributed by atoms with Crippen LogP contribution in [0.3, 0.4) is 0 Å². The number of nitriles is 1. The van der Waals surface area contributed by atoms with Crippen LogP contribution < -0.4 is 5.73 Å². The Morgan fingerprint density at radius 2 is 2.00 bits per heavy atom. The molecule has 0 radical (unpaired) electrons. The molecule has 0 amide bonds. The maximum Gasteiger partial charge on any atom is 0.0995 e. The molecule has 1 aromatic carbocycles. The zero-order chi connectivity index (χ0) is 13.3. The summed E-state index contributed by atoms with van der Waals surface area (Å²) in [4.78, 5) is 2.41. The summed E-state index contributed by atoms with van der Waals surface area (Å²) in [6, 6.07) is 10.4. The largest absolute Gasteiger partial charge is 0.326 e. The fraction of sp³-hybridized carbons (Fsp3) is 0.533. The van der Waals surface area contributed by atoms with Gasteiger partial charge < -0.3 is 5.73 Å². The predicted octanol–water partition coefficient (Wildman–Crippen LogP) is 2.43. The number of rotatable bonds is 1. The zero-order valence-corrected chi connectivity index (χ0v) is 11.4. The number of hydrogen-bond donors (Lipinski definition) is 1. The van der Waals surface area contributed by atoms with Crippen LogP contribution >= 0.6 is 0 Å². The quantitative estimate of drug-likeness (QED) is 0.824. The topological polar surface area (TPSA) is 53.0 Å². The number of nitrogens with two attached hydrogens (primary N) is 1. The van der Waals surface area contributed by atoms with E-state index in [0.717, 1.165) is 24.1 Å². The zero-order valence-electron chi connectivity index (χ0n) is 11.4. The summed E-state index contributed by atoms with van der Waals surface area (Å²) >= 11 is 0. The van der Waals surface area contributed by atoms with Crippen LogP contribution in [0.25, 0.3) is 0 Å². The van der Waals surface area contributed by atoms with E-state index in [4.69, 9.17) is 5.73 Å². The SMILES string of the molecule is CC(C)(C)N1CCC(N)C1c1ccccc1C#N. The van der Waals surface area contributed by atoms with Gasteiger partial charge in [-0.1, -0.05) is 18.2 Å². The van der Waals surface area contributed by atoms with Crippen LogP contribution in [0.1, 0.15) is 44.4 Å². The third kappa shape index (κ3) is 2.27. The van der Waals surface area contributed by atoms with Crippen molar-refractivity contribution in [2.45, 2.75) is 44.8 Å². The summed E-state index contributed by atoms with van der Waals surface area (Å²) < 4.78 is 0. The lowest BCUT2D eigenvalue weighted by atomic mass is 9.93. The second-order valence-electron chi connectivity index (χ2n) is 5.96. The summed E-state index contributed by atoms with van der Waals surface area (Å²) in [6.45, 7) is 7.60. The van der Waals surface area contributed by atoms with Gasteiger partial charge in [-0.25, -0.2) is 0 Å². The molecule has 3 nitrogen and oxygen atoms in total. The lowest BCUT2D eigenvalue weighted by molar-refractivity contribution is 0.117. The van der Waals surface area contributed by atoms with E-state index in [0.29, 0.717) is 0 Å². The maximum atomic E-state index is 9.24. The van der Waals surface area contributed by atoms with Gasteiger partial charge in [0.15, 0.2) is 0 Å². The second-order valence-corrected chi connectivity index (χ2v) is 5.96. The molecule has 96 valence electrons. The normalized spacial score (nSPS) is 25.1. The maximum absolute atomic E-state index is 9.24. The molecule has 0 saturated carbocycles. The molecule has 0 aromatic heterocycles. The van der Waals surface area contributed by atoms with E-state index in [-0.39, 0.29) is 17.6 Å². The third-order valence-electron chi connectivity index (χ3n) is 3.71. The van der Waals surface area contributed by atoms with Gasteiger partial charge in [0.1, 0.15) is 0 Å². The first-order chi connectivity index (χ1) is 8.45. The van der Waals surface area contributed by atoms with E-state index in [9.17, 15) is 5.26 Å². The van der Waals surface area contributed by atoms with Crippen LogP contribution in [0.4, 0.5) is 0 Å². The molecule has 1 fully saturated rings. The third-order valence-corrected chi connectivity index (χ3v) is 3.71. The Kier molecular flexibility index (Phi) is 3.43. The van der Waals surface area contributed by atoms with Crippen molar-refractivity contribution in [2.24, 2.45) is 5.73 Å². The molecule has 0 aliphatic carbocycles. The van der Waals surface area contributed by atoms with Crippen LogP contribution in [0.15, 0.2) is 24.3 Å². The fourth-order valence-corrected chi connectivity index (χ4v) is 2.82. The molecule has 1 saturated heterocycles. The van der Waals surface area contributed by atoms with Crippen LogP contribution in [-0.4, -0.2) is 23.0 Å². The Morgan fingerprint density at radius 1 is 1.33 bits per heavy atom. The Labute approximate surface area is 109 Å². The summed E-state index contributed by atoms with van der Waals surface area (Å²) in [5.74, 6) is 0. The highest BCUT2D eigenvalue weighted by molar-refractivity contribution is 5.40. The minimum Gasteiger partial charge on any atom is -0.326 e. The van der Waals surface area contributed by atoms with Gasteiger partial charge in [0.2, 0.25) is 0 Å². The number of likely N-dealkylation sites (tertiary alicyclic amines) is 1. The highest BCUT2D eigenvalue weighted by Gasteiger charge is 2.39. The van der Waals surface area contributed by atoms with E-state index in [1.807, 2.05) is 24.3 Å². The van der Waals surface area contributed by atoms with E-state index in [1.165, 1.54) is 0 Å². The van der Waals surface area contributed by atoms with Crippen LogP contribution in [0.2, 0.25) is 0 Å². The molecule has 0 spiro atoms. The van der Waals surface area contributed by atoms with Crippen molar-refractivity contribution in [1.82, 2.24) is 4.90 Å². The van der Waals surface area contributed by atoms with Gasteiger partial charge in [-0.15, -0.1) is 0 Å². The Hall–Kier alpha value is -1.37. The van der Waals surface area contributed by atoms with Crippen molar-refractivity contribution in [2.75, 3.05) is 6.54 Å². The lowest BCUT2D eigenvalue weighted by Crippen LogP contribution is -2.43. The first-order valence-corrected chi connectivity index (χ1v) is 6.46. The summed E-state index contributed by atoms with van der Waals surface area (Å²) in [5, 5.41) is 9.24. The first kappa shape index (κ1) is 13.1. The smallest absolute Gasteiger partial charge is 0.0995 e. The predicted molar refractivity (Wildman–Crippen MR) is 72.9 cm³/mol. The van der Waals surface area contributed by atoms with E-state index in [2.05, 4.69) is 31.7 Å². The molecular weight excluding hydrogens is 222 g/mol. The minimum absolute atomic E-state index is 0.0708. The van der Waals surface area contributed by atoms with Crippen molar-refractivity contribution >= 4 is 0 Å². The number of hydrogen-bond acceptors (Lipinski definition) is 3. The molecular formula is C15H21N3. The van der Waals surface area contributed by atoms with Crippen molar-refractivity contribution in [3.05, 3.63) is 35.4 Å². The number of nitrogens with zero attached hydrogens (tertiary/aromatic N) is 2. The summed E-state index contributed by atoms with van der Waals surface area (Å²) in [6.07, 6.45) is 0.988. The van der Waals surface area contributed by atoms with E-state index >= 15 is 0 Å². The van der Waals surface area contributed by atoms with Crippen molar-refractivity contribution in [3.63, 3.8) is 0 Å². The van der Waals surface area contributed by atoms with Gasteiger partial charge in [-0.2, -0.15) is 5.26 Å².